The minimum atomic E-state index is -4.67. The molecule has 19 nitrogen and oxygen atoms in total. The number of hydrogen-bond donors (Lipinski definition) is 7. The van der Waals surface area contributed by atoms with E-state index in [4.69, 9.17) is 41.2 Å². The Labute approximate surface area is 364 Å². The molecule has 1 amide bonds. The van der Waals surface area contributed by atoms with Gasteiger partial charge in [-0.25, -0.2) is 14.4 Å². The SMILES string of the molecule is CC(=O)O[C@@]12CO[C@@H]1C[C@H](O)[C@@]1(C)C(=O)[C@H](O)C3=C(C)[C@@H](OC(=O)[C@H](O)[C@@H](NC(=O)OC(C)(C)C)c4ccccc4)C[C@@](O)([C@@H](OC(=O)c4ccccc4)[C@H]21)C3(C)C.O=S(=O)(O)O. The van der Waals surface area contributed by atoms with Crippen LogP contribution in [0.3, 0.4) is 0 Å². The van der Waals surface area contributed by atoms with Gasteiger partial charge in [0.05, 0.1) is 35.6 Å². The van der Waals surface area contributed by atoms with Gasteiger partial charge in [0.25, 0.3) is 0 Å². The van der Waals surface area contributed by atoms with Gasteiger partial charge in [0.1, 0.15) is 35.6 Å². The zero-order valence-corrected chi connectivity index (χ0v) is 36.8. The molecule has 3 aliphatic carbocycles. The summed E-state index contributed by atoms with van der Waals surface area (Å²) in [5, 5.41) is 51.6. The highest BCUT2D eigenvalue weighted by atomic mass is 32.3. The average molecular weight is 906 g/mol. The number of fused-ring (bicyclic) bond motifs is 5. The van der Waals surface area contributed by atoms with Crippen LogP contribution in [-0.4, -0.2) is 128 Å². The minimum Gasteiger partial charge on any atom is -0.456 e. The first-order chi connectivity index (χ1) is 29.0. The van der Waals surface area contributed by atoms with Crippen LogP contribution in [0.1, 0.15) is 90.2 Å². The van der Waals surface area contributed by atoms with Crippen molar-refractivity contribution in [3.05, 3.63) is 82.9 Å². The lowest BCUT2D eigenvalue weighted by Crippen LogP contribution is -2.81. The third-order valence-electron chi connectivity index (χ3n) is 12.6. The molecule has 3 fully saturated rings. The maximum Gasteiger partial charge on any atom is 0.408 e. The van der Waals surface area contributed by atoms with E-state index in [9.17, 15) is 44.4 Å². The molecule has 0 radical (unpaired) electrons. The average Bonchev–Trinajstić information content (AvgIpc) is 3.17. The first-order valence-electron chi connectivity index (χ1n) is 20.0. The van der Waals surface area contributed by atoms with Gasteiger partial charge >= 0.3 is 34.4 Å². The summed E-state index contributed by atoms with van der Waals surface area (Å²) in [5.41, 5.74) is -8.14. The van der Waals surface area contributed by atoms with E-state index in [2.05, 4.69) is 5.32 Å². The standard InChI is InChI=1S/C43H53NO14.H2O4S/c1-22-26(55-37(51)32(48)30(24-15-11-9-12-16-24)44-38(52)58-39(3,4)5)20-43(53)35(56-36(50)25-17-13-10-14-18-25)33-41(8,34(49)31(47)29(22)40(43,6)7)27(46)19-28-42(33,21-54-28)57-23(2)45;1-5(2,3)4/h9-18,26-28,30-33,35,46-48,53H,19-21H2,1-8H3,(H,44,52);(H2,1,2,3,4)/t26-,27-,28+,30-,31+,32+,33-,35-,41+,42-,43+;/m0./s1. The highest BCUT2D eigenvalue weighted by Crippen LogP contribution is 2.64. The van der Waals surface area contributed by atoms with Crippen LogP contribution in [-0.2, 0) is 48.5 Å². The molecule has 1 saturated heterocycles. The molecule has 0 aromatic heterocycles. The number of alkyl carbamates (subject to hydrolysis) is 1. The summed E-state index contributed by atoms with van der Waals surface area (Å²) in [4.78, 5) is 68.9. The number of rotatable bonds is 8. The van der Waals surface area contributed by atoms with E-state index in [0.717, 1.165) is 6.92 Å². The van der Waals surface area contributed by atoms with Crippen LogP contribution >= 0.6 is 0 Å². The number of carbonyl (C=O) groups is 5. The van der Waals surface area contributed by atoms with E-state index in [-0.39, 0.29) is 29.7 Å². The van der Waals surface area contributed by atoms with Crippen molar-refractivity contribution in [1.82, 2.24) is 5.32 Å². The lowest BCUT2D eigenvalue weighted by molar-refractivity contribution is -0.346. The summed E-state index contributed by atoms with van der Waals surface area (Å²) in [6, 6.07) is 14.6. The monoisotopic (exact) mass is 905 g/mol. The second kappa shape index (κ2) is 17.6. The summed E-state index contributed by atoms with van der Waals surface area (Å²) in [5.74, 6) is -5.36. The number of aliphatic hydroxyl groups excluding tert-OH is 3. The van der Waals surface area contributed by atoms with Crippen LogP contribution in [0.25, 0.3) is 0 Å². The predicted molar refractivity (Wildman–Crippen MR) is 218 cm³/mol. The molecule has 2 aromatic rings. The van der Waals surface area contributed by atoms with Crippen LogP contribution < -0.4 is 5.32 Å². The molecule has 63 heavy (non-hydrogen) atoms. The topological polar surface area (TPSA) is 299 Å². The zero-order valence-electron chi connectivity index (χ0n) is 36.0. The van der Waals surface area contributed by atoms with Crippen LogP contribution in [0.15, 0.2) is 71.8 Å². The number of nitrogens with one attached hydrogen (secondary N) is 1. The molecule has 2 saturated carbocycles. The van der Waals surface area contributed by atoms with Crippen molar-refractivity contribution >= 4 is 40.2 Å². The Hall–Kier alpha value is -4.80. The molecule has 11 atom stereocenters. The summed E-state index contributed by atoms with van der Waals surface area (Å²) in [7, 11) is -4.67. The second-order valence-corrected chi connectivity index (χ2v) is 18.9. The maximum absolute atomic E-state index is 14.9. The fraction of sp³-hybridized carbons (Fsp3) is 0.558. The largest absolute Gasteiger partial charge is 0.456 e. The number of aliphatic hydroxyl groups is 4. The molecule has 0 spiro atoms. The molecule has 346 valence electrons. The zero-order chi connectivity index (χ0) is 47.2. The third-order valence-corrected chi connectivity index (χ3v) is 12.6. The summed E-state index contributed by atoms with van der Waals surface area (Å²) in [6.45, 7) is 11.8. The van der Waals surface area contributed by atoms with Gasteiger partial charge in [0.15, 0.2) is 17.5 Å². The molecule has 7 N–H and O–H groups in total. The summed E-state index contributed by atoms with van der Waals surface area (Å²) >= 11 is 0. The van der Waals surface area contributed by atoms with Gasteiger partial charge in [-0.15, -0.1) is 0 Å². The molecule has 0 unspecified atom stereocenters. The quantitative estimate of drug-likeness (QED) is 0.0867. The van der Waals surface area contributed by atoms with Crippen LogP contribution in [0.4, 0.5) is 4.79 Å². The van der Waals surface area contributed by atoms with E-state index in [1.54, 1.807) is 83.1 Å². The van der Waals surface area contributed by atoms with E-state index >= 15 is 0 Å². The Kier molecular flexibility index (Phi) is 13.8. The van der Waals surface area contributed by atoms with Crippen molar-refractivity contribution in [2.45, 2.75) is 128 Å². The molecule has 2 aromatic carbocycles. The lowest BCUT2D eigenvalue weighted by Gasteiger charge is -2.67. The number of benzene rings is 2. The number of amides is 1. The van der Waals surface area contributed by atoms with Crippen LogP contribution in [0.2, 0.25) is 0 Å². The van der Waals surface area contributed by atoms with E-state index < -0.39 is 123 Å². The number of esters is 3. The van der Waals surface area contributed by atoms with E-state index in [0.29, 0.717) is 5.56 Å². The molecule has 20 heteroatoms. The Balaban J connectivity index is 0.00000141. The van der Waals surface area contributed by atoms with Crippen molar-refractivity contribution < 1.29 is 85.6 Å². The van der Waals surface area contributed by atoms with Crippen molar-refractivity contribution in [2.75, 3.05) is 6.61 Å². The highest BCUT2D eigenvalue weighted by molar-refractivity contribution is 7.79. The van der Waals surface area contributed by atoms with Crippen molar-refractivity contribution in [3.8, 4) is 0 Å². The van der Waals surface area contributed by atoms with Gasteiger partial charge in [-0.05, 0) is 63.5 Å². The second-order valence-electron chi connectivity index (χ2n) is 18.0. The highest BCUT2D eigenvalue weighted by Gasteiger charge is 2.78. The number of ketones is 1. The number of carbonyl (C=O) groups excluding carboxylic acids is 5. The molecule has 1 aliphatic heterocycles. The van der Waals surface area contributed by atoms with Gasteiger partial charge in [0, 0.05) is 25.2 Å². The number of Topliss-reactive ketones (excluding diaryl/α,β-unsaturated/α-hetero) is 1. The fourth-order valence-electron chi connectivity index (χ4n) is 9.56. The van der Waals surface area contributed by atoms with Gasteiger partial charge in [-0.2, -0.15) is 8.42 Å². The first-order valence-corrected chi connectivity index (χ1v) is 21.4. The molecule has 4 aliphatic rings. The maximum atomic E-state index is 14.9. The molecule has 2 bridgehead atoms. The molecular formula is C43H55NO18S. The molecule has 1 heterocycles. The van der Waals surface area contributed by atoms with Gasteiger partial charge in [-0.1, -0.05) is 62.4 Å². The normalized spacial score (nSPS) is 31.9. The van der Waals surface area contributed by atoms with E-state index in [1.165, 1.54) is 26.0 Å². The Bertz CT molecular complexity index is 2220. The Morgan fingerprint density at radius 1 is 0.937 bits per heavy atom. The lowest BCUT2D eigenvalue weighted by atomic mass is 9.44. The van der Waals surface area contributed by atoms with Crippen LogP contribution in [0, 0.1) is 16.7 Å². The van der Waals surface area contributed by atoms with Crippen molar-refractivity contribution in [3.63, 3.8) is 0 Å². The Morgan fingerprint density at radius 3 is 2.00 bits per heavy atom. The Morgan fingerprint density at radius 2 is 1.49 bits per heavy atom. The number of hydrogen-bond acceptors (Lipinski definition) is 16. The van der Waals surface area contributed by atoms with E-state index in [1.807, 2.05) is 0 Å². The number of ether oxygens (including phenoxy) is 5. The van der Waals surface area contributed by atoms with Crippen molar-refractivity contribution in [2.24, 2.45) is 16.7 Å². The summed E-state index contributed by atoms with van der Waals surface area (Å²) in [6.07, 6.45) is -11.5. The van der Waals surface area contributed by atoms with Crippen LogP contribution in [0.5, 0.6) is 0 Å². The van der Waals surface area contributed by atoms with Gasteiger partial charge in [0.2, 0.25) is 0 Å². The predicted octanol–water partition coefficient (Wildman–Crippen LogP) is 2.61. The van der Waals surface area contributed by atoms with Gasteiger partial charge in [-0.3, -0.25) is 18.7 Å². The first kappa shape index (κ1) is 49.2. The third kappa shape index (κ3) is 9.54. The van der Waals surface area contributed by atoms with Gasteiger partial charge < -0.3 is 49.4 Å². The minimum absolute atomic E-state index is 0.0637. The fourth-order valence-corrected chi connectivity index (χ4v) is 9.56. The smallest absolute Gasteiger partial charge is 0.408 e. The van der Waals surface area contributed by atoms with Crippen molar-refractivity contribution in [1.29, 1.82) is 0 Å². The molecule has 6 rings (SSSR count). The molecular weight excluding hydrogens is 851 g/mol. The summed E-state index contributed by atoms with van der Waals surface area (Å²) < 4.78 is 61.1.